The predicted molar refractivity (Wildman–Crippen MR) is 57.0 cm³/mol. The van der Waals surface area contributed by atoms with E-state index >= 15 is 0 Å². The van der Waals surface area contributed by atoms with Crippen LogP contribution in [0.3, 0.4) is 0 Å². The number of nitrogens with one attached hydrogen (secondary N) is 1. The summed E-state index contributed by atoms with van der Waals surface area (Å²) in [7, 11) is 0. The Morgan fingerprint density at radius 1 is 1.47 bits per heavy atom. The van der Waals surface area contributed by atoms with Crippen LogP contribution in [-0.2, 0) is 9.59 Å². The summed E-state index contributed by atoms with van der Waals surface area (Å²) in [4.78, 5) is 23.9. The molecule has 0 saturated carbocycles. The van der Waals surface area contributed by atoms with Crippen LogP contribution in [0.4, 0.5) is 0 Å². The first-order valence-electron chi connectivity index (χ1n) is 5.07. The standard InChI is InChI=1S/C10H17N3O2/c1-2-10(15)13(7-9(11)14)8-3-5-12-6-4-8/h2,8,12H,1,3-7H2,(H2,11,14). The van der Waals surface area contributed by atoms with E-state index in [2.05, 4.69) is 11.9 Å². The van der Waals surface area contributed by atoms with Gasteiger partial charge in [-0.3, -0.25) is 9.59 Å². The highest BCUT2D eigenvalue weighted by Crippen LogP contribution is 2.11. The average Bonchev–Trinajstić information content (AvgIpc) is 2.26. The van der Waals surface area contributed by atoms with Crippen molar-refractivity contribution in [2.45, 2.75) is 18.9 Å². The van der Waals surface area contributed by atoms with E-state index in [4.69, 9.17) is 5.73 Å². The van der Waals surface area contributed by atoms with Gasteiger partial charge in [-0.15, -0.1) is 0 Å². The van der Waals surface area contributed by atoms with Crippen molar-refractivity contribution in [2.75, 3.05) is 19.6 Å². The summed E-state index contributed by atoms with van der Waals surface area (Å²) < 4.78 is 0. The molecule has 0 aliphatic carbocycles. The largest absolute Gasteiger partial charge is 0.368 e. The molecule has 0 aromatic carbocycles. The molecular weight excluding hydrogens is 194 g/mol. The van der Waals surface area contributed by atoms with Crippen LogP contribution in [0.25, 0.3) is 0 Å². The molecule has 0 atom stereocenters. The SMILES string of the molecule is C=CC(=O)N(CC(N)=O)C1CCNCC1. The van der Waals surface area contributed by atoms with E-state index in [-0.39, 0.29) is 18.5 Å². The molecule has 5 nitrogen and oxygen atoms in total. The number of carbonyl (C=O) groups is 2. The zero-order valence-corrected chi connectivity index (χ0v) is 8.74. The molecule has 0 spiro atoms. The average molecular weight is 211 g/mol. The molecule has 0 aromatic rings. The van der Waals surface area contributed by atoms with E-state index in [1.165, 1.54) is 11.0 Å². The number of hydrogen-bond acceptors (Lipinski definition) is 3. The lowest BCUT2D eigenvalue weighted by Crippen LogP contribution is -2.48. The van der Waals surface area contributed by atoms with Crippen molar-refractivity contribution in [2.24, 2.45) is 5.73 Å². The summed E-state index contributed by atoms with van der Waals surface area (Å²) in [6.45, 7) is 5.14. The molecule has 1 aliphatic heterocycles. The molecule has 1 saturated heterocycles. The first-order valence-corrected chi connectivity index (χ1v) is 5.07. The van der Waals surface area contributed by atoms with E-state index in [1.54, 1.807) is 0 Å². The fourth-order valence-electron chi connectivity index (χ4n) is 1.79. The number of nitrogens with zero attached hydrogens (tertiary/aromatic N) is 1. The third kappa shape index (κ3) is 3.36. The first kappa shape index (κ1) is 11.7. The Kier molecular flexibility index (Phi) is 4.30. The van der Waals surface area contributed by atoms with Gasteiger partial charge in [0.2, 0.25) is 11.8 Å². The summed E-state index contributed by atoms with van der Waals surface area (Å²) in [5.41, 5.74) is 5.11. The Labute approximate surface area is 89.3 Å². The zero-order chi connectivity index (χ0) is 11.3. The smallest absolute Gasteiger partial charge is 0.246 e. The van der Waals surface area contributed by atoms with Crippen molar-refractivity contribution in [1.82, 2.24) is 10.2 Å². The van der Waals surface area contributed by atoms with Gasteiger partial charge in [-0.2, -0.15) is 0 Å². The molecule has 3 N–H and O–H groups in total. The molecule has 84 valence electrons. The number of rotatable bonds is 4. The molecule has 1 rings (SSSR count). The van der Waals surface area contributed by atoms with E-state index in [0.717, 1.165) is 25.9 Å². The lowest BCUT2D eigenvalue weighted by atomic mass is 10.0. The fourth-order valence-corrected chi connectivity index (χ4v) is 1.79. The van der Waals surface area contributed by atoms with Gasteiger partial charge in [0.25, 0.3) is 0 Å². The van der Waals surface area contributed by atoms with Gasteiger partial charge >= 0.3 is 0 Å². The van der Waals surface area contributed by atoms with Crippen LogP contribution in [0.5, 0.6) is 0 Å². The van der Waals surface area contributed by atoms with Crippen LogP contribution in [0.1, 0.15) is 12.8 Å². The number of nitrogens with two attached hydrogens (primary N) is 1. The molecule has 1 fully saturated rings. The normalized spacial score (nSPS) is 17.1. The van der Waals surface area contributed by atoms with Crippen LogP contribution in [0.15, 0.2) is 12.7 Å². The lowest BCUT2D eigenvalue weighted by molar-refractivity contribution is -0.133. The van der Waals surface area contributed by atoms with Crippen molar-refractivity contribution in [1.29, 1.82) is 0 Å². The minimum absolute atomic E-state index is 0.0183. The van der Waals surface area contributed by atoms with Gasteiger partial charge in [0.05, 0.1) is 6.54 Å². The van der Waals surface area contributed by atoms with E-state index in [0.29, 0.717) is 0 Å². The monoisotopic (exact) mass is 211 g/mol. The van der Waals surface area contributed by atoms with Gasteiger partial charge in [-0.25, -0.2) is 0 Å². The van der Waals surface area contributed by atoms with Crippen molar-refractivity contribution in [3.05, 3.63) is 12.7 Å². The topological polar surface area (TPSA) is 75.4 Å². The van der Waals surface area contributed by atoms with Crippen molar-refractivity contribution in [3.63, 3.8) is 0 Å². The van der Waals surface area contributed by atoms with Crippen LogP contribution in [0, 0.1) is 0 Å². The lowest BCUT2D eigenvalue weighted by Gasteiger charge is -2.33. The number of amides is 2. The minimum Gasteiger partial charge on any atom is -0.368 e. The Morgan fingerprint density at radius 3 is 2.53 bits per heavy atom. The van der Waals surface area contributed by atoms with Gasteiger partial charge in [0, 0.05) is 6.04 Å². The van der Waals surface area contributed by atoms with Gasteiger partial charge in [0.1, 0.15) is 0 Å². The highest BCUT2D eigenvalue weighted by atomic mass is 16.2. The van der Waals surface area contributed by atoms with Crippen LogP contribution >= 0.6 is 0 Å². The maximum absolute atomic E-state index is 11.5. The Hall–Kier alpha value is -1.36. The zero-order valence-electron chi connectivity index (χ0n) is 8.74. The molecule has 0 radical (unpaired) electrons. The van der Waals surface area contributed by atoms with Crippen molar-refractivity contribution in [3.8, 4) is 0 Å². The van der Waals surface area contributed by atoms with Crippen molar-refractivity contribution < 1.29 is 9.59 Å². The quantitative estimate of drug-likeness (QED) is 0.600. The maximum Gasteiger partial charge on any atom is 0.246 e. The third-order valence-corrected chi connectivity index (χ3v) is 2.53. The summed E-state index contributed by atoms with van der Waals surface area (Å²) in [6.07, 6.45) is 2.94. The van der Waals surface area contributed by atoms with E-state index in [1.807, 2.05) is 0 Å². The van der Waals surface area contributed by atoms with Crippen LogP contribution in [0.2, 0.25) is 0 Å². The second-order valence-electron chi connectivity index (χ2n) is 3.62. The molecule has 5 heteroatoms. The van der Waals surface area contributed by atoms with Crippen LogP contribution < -0.4 is 11.1 Å². The molecule has 1 heterocycles. The predicted octanol–water partition coefficient (Wildman–Crippen LogP) is -0.762. The number of primary amides is 1. The molecule has 0 unspecified atom stereocenters. The number of piperidine rings is 1. The third-order valence-electron chi connectivity index (χ3n) is 2.53. The summed E-state index contributed by atoms with van der Waals surface area (Å²) >= 11 is 0. The highest BCUT2D eigenvalue weighted by Gasteiger charge is 2.24. The number of hydrogen-bond donors (Lipinski definition) is 2. The molecule has 15 heavy (non-hydrogen) atoms. The Balaban J connectivity index is 2.64. The maximum atomic E-state index is 11.5. The summed E-state index contributed by atoms with van der Waals surface area (Å²) in [6, 6.07) is 0.101. The second-order valence-corrected chi connectivity index (χ2v) is 3.62. The minimum atomic E-state index is -0.483. The van der Waals surface area contributed by atoms with E-state index < -0.39 is 5.91 Å². The Morgan fingerprint density at radius 2 is 2.07 bits per heavy atom. The van der Waals surface area contributed by atoms with Gasteiger partial charge in [-0.1, -0.05) is 6.58 Å². The summed E-state index contributed by atoms with van der Waals surface area (Å²) in [5.74, 6) is -0.704. The second kappa shape index (κ2) is 5.50. The highest BCUT2D eigenvalue weighted by molar-refractivity contribution is 5.90. The fraction of sp³-hybridized carbons (Fsp3) is 0.600. The van der Waals surface area contributed by atoms with E-state index in [9.17, 15) is 9.59 Å². The molecule has 0 aromatic heterocycles. The van der Waals surface area contributed by atoms with Gasteiger partial charge in [0.15, 0.2) is 0 Å². The van der Waals surface area contributed by atoms with Crippen molar-refractivity contribution >= 4 is 11.8 Å². The van der Waals surface area contributed by atoms with Gasteiger partial charge in [-0.05, 0) is 32.0 Å². The molecule has 0 bridgehead atoms. The Bertz CT molecular complexity index is 259. The summed E-state index contributed by atoms with van der Waals surface area (Å²) in [5, 5.41) is 3.20. The molecular formula is C10H17N3O2. The molecule has 1 aliphatic rings. The first-order chi connectivity index (χ1) is 7.15. The van der Waals surface area contributed by atoms with Crippen LogP contribution in [-0.4, -0.2) is 42.4 Å². The molecule has 2 amide bonds. The number of carbonyl (C=O) groups excluding carboxylic acids is 2. The van der Waals surface area contributed by atoms with Gasteiger partial charge < -0.3 is 16.0 Å².